The van der Waals surface area contributed by atoms with Crippen LogP contribution in [0.1, 0.15) is 36.4 Å². The lowest BCUT2D eigenvalue weighted by Crippen LogP contribution is -2.39. The molecule has 0 radical (unpaired) electrons. The number of hydrogen-bond acceptors (Lipinski definition) is 2. The van der Waals surface area contributed by atoms with Crippen molar-refractivity contribution in [3.05, 3.63) is 52.8 Å². The lowest BCUT2D eigenvalue weighted by atomic mass is 10.1. The number of benzene rings is 1. The Kier molecular flexibility index (Phi) is 7.04. The molecule has 1 unspecified atom stereocenters. The van der Waals surface area contributed by atoms with Gasteiger partial charge in [0, 0.05) is 32.4 Å². The van der Waals surface area contributed by atoms with Crippen molar-refractivity contribution in [2.75, 3.05) is 13.6 Å². The van der Waals surface area contributed by atoms with Gasteiger partial charge in [0.1, 0.15) is 0 Å². The van der Waals surface area contributed by atoms with Gasteiger partial charge in [0.2, 0.25) is 0 Å². The summed E-state index contributed by atoms with van der Waals surface area (Å²) >= 11 is 0. The molecule has 25 heavy (non-hydrogen) atoms. The van der Waals surface area contributed by atoms with Crippen LogP contribution in [0.5, 0.6) is 0 Å². The maximum atomic E-state index is 4.54. The van der Waals surface area contributed by atoms with Gasteiger partial charge in [-0.25, -0.2) is 0 Å². The zero-order chi connectivity index (χ0) is 18.2. The number of rotatable bonds is 7. The van der Waals surface area contributed by atoms with Crippen molar-refractivity contribution in [1.29, 1.82) is 0 Å². The third-order valence-electron chi connectivity index (χ3n) is 4.38. The van der Waals surface area contributed by atoms with Gasteiger partial charge < -0.3 is 10.6 Å². The van der Waals surface area contributed by atoms with Gasteiger partial charge in [-0.1, -0.05) is 38.1 Å². The predicted octanol–water partition coefficient (Wildman–Crippen LogP) is 3.06. The number of aromatic nitrogens is 2. The summed E-state index contributed by atoms with van der Waals surface area (Å²) in [6.45, 7) is 11.1. The molecule has 5 nitrogen and oxygen atoms in total. The lowest BCUT2D eigenvalue weighted by molar-refractivity contribution is 0.436. The summed E-state index contributed by atoms with van der Waals surface area (Å²) in [6.07, 6.45) is 1.05. The molecule has 0 saturated carbocycles. The minimum atomic E-state index is 0.458. The molecule has 0 fully saturated rings. The van der Waals surface area contributed by atoms with E-state index in [4.69, 9.17) is 0 Å². The van der Waals surface area contributed by atoms with Gasteiger partial charge in [0.25, 0.3) is 0 Å². The molecular formula is C20H31N5. The third-order valence-corrected chi connectivity index (χ3v) is 4.38. The largest absolute Gasteiger partial charge is 0.356 e. The molecule has 1 heterocycles. The Morgan fingerprint density at radius 3 is 2.52 bits per heavy atom. The first-order valence-electron chi connectivity index (χ1n) is 9.05. The summed E-state index contributed by atoms with van der Waals surface area (Å²) in [5.41, 5.74) is 4.99. The number of nitrogens with zero attached hydrogens (tertiary/aromatic N) is 3. The highest BCUT2D eigenvalue weighted by molar-refractivity contribution is 5.79. The van der Waals surface area contributed by atoms with Crippen LogP contribution in [0.25, 0.3) is 0 Å². The van der Waals surface area contributed by atoms with Gasteiger partial charge in [-0.15, -0.1) is 0 Å². The van der Waals surface area contributed by atoms with Gasteiger partial charge in [0.15, 0.2) is 5.96 Å². The number of guanidine groups is 1. The first kappa shape index (κ1) is 19.0. The molecule has 2 rings (SSSR count). The van der Waals surface area contributed by atoms with Crippen molar-refractivity contribution >= 4 is 5.96 Å². The van der Waals surface area contributed by atoms with E-state index < -0.39 is 0 Å². The van der Waals surface area contributed by atoms with Crippen molar-refractivity contribution in [2.45, 2.75) is 47.2 Å². The number of aliphatic imine (C=N–C) groups is 1. The van der Waals surface area contributed by atoms with Crippen molar-refractivity contribution in [1.82, 2.24) is 20.4 Å². The van der Waals surface area contributed by atoms with E-state index in [0.717, 1.165) is 37.7 Å². The van der Waals surface area contributed by atoms with Crippen LogP contribution >= 0.6 is 0 Å². The van der Waals surface area contributed by atoms with Crippen molar-refractivity contribution in [3.63, 3.8) is 0 Å². The minimum absolute atomic E-state index is 0.458. The third kappa shape index (κ3) is 5.62. The molecule has 0 aliphatic heterocycles. The van der Waals surface area contributed by atoms with E-state index in [1.165, 1.54) is 16.8 Å². The molecule has 0 saturated heterocycles. The molecule has 0 bridgehead atoms. The fraction of sp³-hybridized carbons (Fsp3) is 0.500. The van der Waals surface area contributed by atoms with Gasteiger partial charge >= 0.3 is 0 Å². The smallest absolute Gasteiger partial charge is 0.191 e. The molecule has 136 valence electrons. The van der Waals surface area contributed by atoms with E-state index in [9.17, 15) is 0 Å². The second-order valence-corrected chi connectivity index (χ2v) is 6.64. The monoisotopic (exact) mass is 341 g/mol. The van der Waals surface area contributed by atoms with Crippen LogP contribution in [0.3, 0.4) is 0 Å². The Morgan fingerprint density at radius 2 is 1.92 bits per heavy atom. The zero-order valence-corrected chi connectivity index (χ0v) is 16.1. The first-order valence-corrected chi connectivity index (χ1v) is 9.05. The molecule has 1 atom stereocenters. The summed E-state index contributed by atoms with van der Waals surface area (Å²) in [6, 6.07) is 10.7. The molecule has 1 aromatic heterocycles. The van der Waals surface area contributed by atoms with Gasteiger partial charge in [-0.2, -0.15) is 5.10 Å². The molecule has 0 amide bonds. The van der Waals surface area contributed by atoms with E-state index in [0.29, 0.717) is 5.92 Å². The summed E-state index contributed by atoms with van der Waals surface area (Å²) in [4.78, 5) is 4.33. The van der Waals surface area contributed by atoms with Crippen LogP contribution in [-0.2, 0) is 19.5 Å². The van der Waals surface area contributed by atoms with Gasteiger partial charge in [-0.05, 0) is 43.4 Å². The summed E-state index contributed by atoms with van der Waals surface area (Å²) in [7, 11) is 1.81. The van der Waals surface area contributed by atoms with E-state index in [-0.39, 0.29) is 0 Å². The molecule has 2 aromatic rings. The predicted molar refractivity (Wildman–Crippen MR) is 105 cm³/mol. The molecular weight excluding hydrogens is 310 g/mol. The SMILES string of the molecule is CCc1ccccc1CNC(=NC)NCC(C)Cn1nc(C)cc1C. The highest BCUT2D eigenvalue weighted by Crippen LogP contribution is 2.09. The van der Waals surface area contributed by atoms with Crippen LogP contribution in [0, 0.1) is 19.8 Å². The molecule has 2 N–H and O–H groups in total. The van der Waals surface area contributed by atoms with E-state index in [1.54, 1.807) is 0 Å². The van der Waals surface area contributed by atoms with Crippen molar-refractivity contribution in [2.24, 2.45) is 10.9 Å². The normalized spacial score (nSPS) is 12.9. The van der Waals surface area contributed by atoms with E-state index >= 15 is 0 Å². The average Bonchev–Trinajstić information content (AvgIpc) is 2.92. The fourth-order valence-corrected chi connectivity index (χ4v) is 2.96. The van der Waals surface area contributed by atoms with E-state index in [2.05, 4.69) is 76.5 Å². The first-order chi connectivity index (χ1) is 12.0. The number of aryl methyl sites for hydroxylation is 3. The number of nitrogens with one attached hydrogen (secondary N) is 2. The molecule has 1 aromatic carbocycles. The minimum Gasteiger partial charge on any atom is -0.356 e. The topological polar surface area (TPSA) is 54.2 Å². The maximum absolute atomic E-state index is 4.54. The Hall–Kier alpha value is -2.30. The lowest BCUT2D eigenvalue weighted by Gasteiger charge is -2.17. The maximum Gasteiger partial charge on any atom is 0.191 e. The Morgan fingerprint density at radius 1 is 1.20 bits per heavy atom. The standard InChI is InChI=1S/C20H31N5/c1-6-18-9-7-8-10-19(18)13-23-20(21-5)22-12-15(2)14-25-17(4)11-16(3)24-25/h7-11,15H,6,12-14H2,1-5H3,(H2,21,22,23). The van der Waals surface area contributed by atoms with Crippen LogP contribution in [0.4, 0.5) is 0 Å². The fourth-order valence-electron chi connectivity index (χ4n) is 2.96. The average molecular weight is 342 g/mol. The second-order valence-electron chi connectivity index (χ2n) is 6.64. The number of hydrogen-bond donors (Lipinski definition) is 2. The Bertz CT molecular complexity index is 702. The van der Waals surface area contributed by atoms with Crippen LogP contribution in [0.2, 0.25) is 0 Å². The van der Waals surface area contributed by atoms with Crippen molar-refractivity contribution < 1.29 is 0 Å². The van der Waals surface area contributed by atoms with Gasteiger partial charge in [0.05, 0.1) is 5.69 Å². The zero-order valence-electron chi connectivity index (χ0n) is 16.1. The highest BCUT2D eigenvalue weighted by atomic mass is 15.3. The molecule has 5 heteroatoms. The Labute approximate surface area is 151 Å². The molecule has 0 aliphatic rings. The summed E-state index contributed by atoms with van der Waals surface area (Å²) in [5.74, 6) is 1.30. The van der Waals surface area contributed by atoms with Crippen molar-refractivity contribution in [3.8, 4) is 0 Å². The highest BCUT2D eigenvalue weighted by Gasteiger charge is 2.08. The molecule has 0 spiro atoms. The van der Waals surface area contributed by atoms with Crippen LogP contribution in [0.15, 0.2) is 35.3 Å². The second kappa shape index (κ2) is 9.25. The Balaban J connectivity index is 1.82. The molecule has 0 aliphatic carbocycles. The van der Waals surface area contributed by atoms with E-state index in [1.807, 2.05) is 14.0 Å². The van der Waals surface area contributed by atoms with Crippen LogP contribution < -0.4 is 10.6 Å². The van der Waals surface area contributed by atoms with Crippen LogP contribution in [-0.4, -0.2) is 29.3 Å². The van der Waals surface area contributed by atoms with Gasteiger partial charge in [-0.3, -0.25) is 9.67 Å². The summed E-state index contributed by atoms with van der Waals surface area (Å²) in [5, 5.41) is 11.4. The summed E-state index contributed by atoms with van der Waals surface area (Å²) < 4.78 is 2.08. The quantitative estimate of drug-likeness (QED) is 0.601.